The van der Waals surface area contributed by atoms with Crippen molar-refractivity contribution in [3.8, 4) is 11.1 Å². The molecule has 0 saturated carbocycles. The van der Waals surface area contributed by atoms with Crippen LogP contribution < -0.4 is 4.72 Å². The Morgan fingerprint density at radius 1 is 0.929 bits per heavy atom. The molecule has 28 heavy (non-hydrogen) atoms. The SMILES string of the molecule is O=S(=O)(Nc1cc(-c2ccc3ncncc3c2)cnc1Cl)c1ccc(F)cc1. The summed E-state index contributed by atoms with van der Waals surface area (Å²) in [5.41, 5.74) is 2.37. The maximum Gasteiger partial charge on any atom is 0.261 e. The smallest absolute Gasteiger partial charge is 0.261 e. The number of halogens is 2. The highest BCUT2D eigenvalue weighted by molar-refractivity contribution is 7.92. The first-order valence-corrected chi connectivity index (χ1v) is 9.92. The molecule has 2 aromatic heterocycles. The fraction of sp³-hybridized carbons (Fsp3) is 0. The van der Waals surface area contributed by atoms with Gasteiger partial charge in [0.2, 0.25) is 0 Å². The maximum atomic E-state index is 13.1. The molecule has 0 saturated heterocycles. The van der Waals surface area contributed by atoms with Gasteiger partial charge in [-0.3, -0.25) is 4.72 Å². The highest BCUT2D eigenvalue weighted by Gasteiger charge is 2.17. The van der Waals surface area contributed by atoms with E-state index >= 15 is 0 Å². The van der Waals surface area contributed by atoms with E-state index in [0.29, 0.717) is 5.56 Å². The van der Waals surface area contributed by atoms with Crippen LogP contribution in [0, 0.1) is 5.82 Å². The van der Waals surface area contributed by atoms with Crippen LogP contribution in [0.5, 0.6) is 0 Å². The number of benzene rings is 2. The lowest BCUT2D eigenvalue weighted by molar-refractivity contribution is 0.599. The van der Waals surface area contributed by atoms with Crippen molar-refractivity contribution in [3.05, 3.63) is 78.2 Å². The quantitative estimate of drug-likeness (QED) is 0.503. The van der Waals surface area contributed by atoms with E-state index in [4.69, 9.17) is 11.6 Å². The van der Waals surface area contributed by atoms with Crippen LogP contribution in [0.2, 0.25) is 5.15 Å². The molecule has 0 aliphatic rings. The van der Waals surface area contributed by atoms with Gasteiger partial charge in [0.05, 0.1) is 16.1 Å². The molecule has 9 heteroatoms. The molecule has 140 valence electrons. The van der Waals surface area contributed by atoms with Gasteiger partial charge in [-0.15, -0.1) is 0 Å². The number of hydrogen-bond donors (Lipinski definition) is 1. The van der Waals surface area contributed by atoms with E-state index in [1.54, 1.807) is 18.5 Å². The van der Waals surface area contributed by atoms with Gasteiger partial charge in [0.25, 0.3) is 10.0 Å². The van der Waals surface area contributed by atoms with E-state index < -0.39 is 15.8 Å². The van der Waals surface area contributed by atoms with Gasteiger partial charge < -0.3 is 0 Å². The molecule has 0 radical (unpaired) electrons. The van der Waals surface area contributed by atoms with Crippen LogP contribution in [0.15, 0.2) is 72.1 Å². The third-order valence-corrected chi connectivity index (χ3v) is 5.73. The van der Waals surface area contributed by atoms with Crippen molar-refractivity contribution in [1.82, 2.24) is 15.0 Å². The lowest BCUT2D eigenvalue weighted by atomic mass is 10.1. The molecule has 0 fully saturated rings. The largest absolute Gasteiger partial charge is 0.276 e. The Kier molecular flexibility index (Phi) is 4.66. The molecule has 0 aliphatic heterocycles. The predicted molar refractivity (Wildman–Crippen MR) is 105 cm³/mol. The zero-order valence-corrected chi connectivity index (χ0v) is 15.7. The first-order chi connectivity index (χ1) is 13.4. The Bertz CT molecular complexity index is 1280. The predicted octanol–water partition coefficient (Wildman–Crippen LogP) is 4.29. The fourth-order valence-corrected chi connectivity index (χ4v) is 3.92. The average Bonchev–Trinajstić information content (AvgIpc) is 2.69. The molecule has 4 rings (SSSR count). The van der Waals surface area contributed by atoms with Crippen LogP contribution in [0.4, 0.5) is 10.1 Å². The molecule has 2 aromatic carbocycles. The normalized spacial score (nSPS) is 11.5. The summed E-state index contributed by atoms with van der Waals surface area (Å²) in [6.45, 7) is 0. The summed E-state index contributed by atoms with van der Waals surface area (Å²) in [4.78, 5) is 12.2. The van der Waals surface area contributed by atoms with Crippen LogP contribution in [0.25, 0.3) is 22.0 Å². The third-order valence-electron chi connectivity index (χ3n) is 4.05. The first kappa shape index (κ1) is 18.3. The summed E-state index contributed by atoms with van der Waals surface area (Å²) in [6, 6.07) is 11.6. The van der Waals surface area contributed by atoms with Crippen molar-refractivity contribution in [1.29, 1.82) is 0 Å². The van der Waals surface area contributed by atoms with E-state index in [9.17, 15) is 12.8 Å². The standard InChI is InChI=1S/C19H12ClFN4O2S/c20-19-18(25-28(26,27)16-4-2-15(21)3-5-16)8-13(10-23-19)12-1-6-17-14(7-12)9-22-11-24-17/h1-11,25H. The molecule has 0 atom stereocenters. The Morgan fingerprint density at radius 2 is 1.71 bits per heavy atom. The van der Waals surface area contributed by atoms with Crippen molar-refractivity contribution in [2.24, 2.45) is 0 Å². The third kappa shape index (κ3) is 3.64. The van der Waals surface area contributed by atoms with E-state index in [1.807, 2.05) is 18.2 Å². The topological polar surface area (TPSA) is 84.8 Å². The molecule has 0 aliphatic carbocycles. The van der Waals surface area contributed by atoms with Crippen LogP contribution in [0.3, 0.4) is 0 Å². The number of rotatable bonds is 4. The van der Waals surface area contributed by atoms with Gasteiger partial charge in [-0.05, 0) is 48.0 Å². The summed E-state index contributed by atoms with van der Waals surface area (Å²) in [5, 5.41) is 0.835. The Labute approximate surface area is 165 Å². The fourth-order valence-electron chi connectivity index (χ4n) is 2.66. The minimum absolute atomic E-state index is 0.00133. The summed E-state index contributed by atoms with van der Waals surface area (Å²) < 4.78 is 40.6. The molecule has 4 aromatic rings. The van der Waals surface area contributed by atoms with Crippen molar-refractivity contribution in [2.45, 2.75) is 4.90 Å². The van der Waals surface area contributed by atoms with E-state index in [1.165, 1.54) is 18.5 Å². The van der Waals surface area contributed by atoms with Crippen LogP contribution in [-0.4, -0.2) is 23.4 Å². The zero-order chi connectivity index (χ0) is 19.7. The van der Waals surface area contributed by atoms with E-state index in [2.05, 4.69) is 19.7 Å². The second kappa shape index (κ2) is 7.14. The Hall–Kier alpha value is -3.10. The zero-order valence-electron chi connectivity index (χ0n) is 14.2. The first-order valence-electron chi connectivity index (χ1n) is 8.06. The number of anilines is 1. The van der Waals surface area contributed by atoms with Crippen molar-refractivity contribution < 1.29 is 12.8 Å². The highest BCUT2D eigenvalue weighted by Crippen LogP contribution is 2.30. The van der Waals surface area contributed by atoms with Crippen LogP contribution in [0.1, 0.15) is 0 Å². The molecule has 1 N–H and O–H groups in total. The molecule has 0 bridgehead atoms. The molecular formula is C19H12ClFN4O2S. The number of hydrogen-bond acceptors (Lipinski definition) is 5. The van der Waals surface area contributed by atoms with Gasteiger partial charge in [0.15, 0.2) is 5.15 Å². The molecule has 6 nitrogen and oxygen atoms in total. The monoisotopic (exact) mass is 414 g/mol. The van der Waals surface area contributed by atoms with Gasteiger partial charge >= 0.3 is 0 Å². The molecule has 0 amide bonds. The number of sulfonamides is 1. The number of nitrogens with zero attached hydrogens (tertiary/aromatic N) is 3. The van der Waals surface area contributed by atoms with Gasteiger partial charge in [-0.25, -0.2) is 27.8 Å². The highest BCUT2D eigenvalue weighted by atomic mass is 35.5. The van der Waals surface area contributed by atoms with Gasteiger partial charge in [-0.2, -0.15) is 0 Å². The molecular weight excluding hydrogens is 403 g/mol. The molecule has 2 heterocycles. The van der Waals surface area contributed by atoms with E-state index in [0.717, 1.165) is 28.6 Å². The molecule has 0 spiro atoms. The molecule has 0 unspecified atom stereocenters. The minimum atomic E-state index is -3.95. The second-order valence-electron chi connectivity index (χ2n) is 5.92. The summed E-state index contributed by atoms with van der Waals surface area (Å²) >= 11 is 6.08. The number of fused-ring (bicyclic) bond motifs is 1. The van der Waals surface area contributed by atoms with Crippen LogP contribution in [-0.2, 0) is 10.0 Å². The summed E-state index contributed by atoms with van der Waals surface area (Å²) in [5.74, 6) is -0.527. The van der Waals surface area contributed by atoms with Gasteiger partial charge in [0, 0.05) is 23.3 Å². The van der Waals surface area contributed by atoms with Crippen molar-refractivity contribution in [3.63, 3.8) is 0 Å². The average molecular weight is 415 g/mol. The number of aromatic nitrogens is 3. The Balaban J connectivity index is 1.71. The van der Waals surface area contributed by atoms with Crippen molar-refractivity contribution >= 4 is 38.2 Å². The maximum absolute atomic E-state index is 13.1. The lowest BCUT2D eigenvalue weighted by Gasteiger charge is -2.11. The minimum Gasteiger partial charge on any atom is -0.276 e. The van der Waals surface area contributed by atoms with Gasteiger partial charge in [0.1, 0.15) is 12.1 Å². The summed E-state index contributed by atoms with van der Waals surface area (Å²) in [6.07, 6.45) is 4.70. The lowest BCUT2D eigenvalue weighted by Crippen LogP contribution is -2.13. The summed E-state index contributed by atoms with van der Waals surface area (Å²) in [7, 11) is -3.95. The van der Waals surface area contributed by atoms with Gasteiger partial charge in [-0.1, -0.05) is 17.7 Å². The van der Waals surface area contributed by atoms with Crippen molar-refractivity contribution in [2.75, 3.05) is 4.72 Å². The number of nitrogens with one attached hydrogen (secondary N) is 1. The second-order valence-corrected chi connectivity index (χ2v) is 7.96. The van der Waals surface area contributed by atoms with E-state index in [-0.39, 0.29) is 15.7 Å². The van der Waals surface area contributed by atoms with Crippen LogP contribution >= 0.6 is 11.6 Å². The Morgan fingerprint density at radius 3 is 2.50 bits per heavy atom. The number of pyridine rings is 1.